The molecule has 3 aliphatic heterocycles. The molecule has 3 saturated heterocycles. The minimum absolute atomic E-state index is 0.525. The van der Waals surface area contributed by atoms with Gasteiger partial charge in [-0.2, -0.15) is 0 Å². The van der Waals surface area contributed by atoms with E-state index in [-0.39, 0.29) is 0 Å². The van der Waals surface area contributed by atoms with Gasteiger partial charge in [-0.1, -0.05) is 34.1 Å². The van der Waals surface area contributed by atoms with Crippen molar-refractivity contribution in [3.63, 3.8) is 0 Å². The van der Waals surface area contributed by atoms with Gasteiger partial charge < -0.3 is 10.1 Å². The lowest BCUT2D eigenvalue weighted by Gasteiger charge is -2.48. The zero-order valence-electron chi connectivity index (χ0n) is 13.6. The number of hydrogen-bond donors (Lipinski definition) is 1. The highest BCUT2D eigenvalue weighted by Crippen LogP contribution is 2.39. The van der Waals surface area contributed by atoms with Crippen LogP contribution < -0.4 is 5.32 Å². The third-order valence-corrected chi connectivity index (χ3v) is 6.02. The van der Waals surface area contributed by atoms with E-state index < -0.39 is 0 Å². The van der Waals surface area contributed by atoms with E-state index in [1.165, 1.54) is 32.2 Å². The monoisotopic (exact) mass is 280 g/mol. The molecule has 0 spiro atoms. The van der Waals surface area contributed by atoms with E-state index in [1.54, 1.807) is 0 Å². The molecule has 3 heterocycles. The zero-order chi connectivity index (χ0) is 14.3. The van der Waals surface area contributed by atoms with Gasteiger partial charge in [0.1, 0.15) is 0 Å². The van der Waals surface area contributed by atoms with Gasteiger partial charge >= 0.3 is 0 Å². The molecule has 0 aromatic heterocycles. The van der Waals surface area contributed by atoms with E-state index in [4.69, 9.17) is 4.74 Å². The smallest absolute Gasteiger partial charge is 0.0736 e. The molecule has 0 radical (unpaired) electrons. The van der Waals surface area contributed by atoms with Crippen LogP contribution in [0.1, 0.15) is 53.4 Å². The van der Waals surface area contributed by atoms with Crippen LogP contribution in [0, 0.1) is 11.8 Å². The highest BCUT2D eigenvalue weighted by atomic mass is 16.5. The molecular formula is C17H32N2O. The van der Waals surface area contributed by atoms with Gasteiger partial charge in [0.25, 0.3) is 0 Å². The van der Waals surface area contributed by atoms with Gasteiger partial charge in [-0.15, -0.1) is 0 Å². The summed E-state index contributed by atoms with van der Waals surface area (Å²) in [7, 11) is 0. The summed E-state index contributed by atoms with van der Waals surface area (Å²) >= 11 is 0. The summed E-state index contributed by atoms with van der Waals surface area (Å²) in [5.41, 5.74) is 0. The highest BCUT2D eigenvalue weighted by Gasteiger charge is 2.47. The molecule has 116 valence electrons. The molecule has 3 fully saturated rings. The maximum atomic E-state index is 6.13. The average molecular weight is 280 g/mol. The lowest BCUT2D eigenvalue weighted by molar-refractivity contribution is 0.00884. The summed E-state index contributed by atoms with van der Waals surface area (Å²) in [5.74, 6) is 1.49. The molecular weight excluding hydrogens is 248 g/mol. The maximum absolute atomic E-state index is 6.13. The molecule has 3 heteroatoms. The van der Waals surface area contributed by atoms with Crippen LogP contribution in [0.5, 0.6) is 0 Å². The minimum Gasteiger partial charge on any atom is -0.373 e. The van der Waals surface area contributed by atoms with Crippen LogP contribution in [0.25, 0.3) is 0 Å². The Morgan fingerprint density at radius 3 is 2.60 bits per heavy atom. The lowest BCUT2D eigenvalue weighted by Crippen LogP contribution is -2.63. The van der Waals surface area contributed by atoms with Gasteiger partial charge in [-0.3, -0.25) is 4.90 Å². The SMILES string of the molecule is CCC(C)C1CN(C2CC3CCC2O3)C(C(C)C)CN1. The Labute approximate surface area is 124 Å². The van der Waals surface area contributed by atoms with Crippen LogP contribution in [0.2, 0.25) is 0 Å². The summed E-state index contributed by atoms with van der Waals surface area (Å²) in [5, 5.41) is 3.82. The predicted octanol–water partition coefficient (Wildman–Crippen LogP) is 2.65. The predicted molar refractivity (Wildman–Crippen MR) is 82.9 cm³/mol. The summed E-state index contributed by atoms with van der Waals surface area (Å²) in [6.45, 7) is 11.8. The van der Waals surface area contributed by atoms with E-state index in [1.807, 2.05) is 0 Å². The number of ether oxygens (including phenoxy) is 1. The topological polar surface area (TPSA) is 24.5 Å². The van der Waals surface area contributed by atoms with Crippen molar-refractivity contribution in [3.8, 4) is 0 Å². The van der Waals surface area contributed by atoms with Crippen molar-refractivity contribution in [1.29, 1.82) is 0 Å². The van der Waals surface area contributed by atoms with E-state index in [0.717, 1.165) is 18.4 Å². The first-order valence-electron chi connectivity index (χ1n) is 8.74. The van der Waals surface area contributed by atoms with E-state index >= 15 is 0 Å². The molecule has 3 rings (SSSR count). The molecule has 3 aliphatic rings. The summed E-state index contributed by atoms with van der Waals surface area (Å²) in [6.07, 6.45) is 6.23. The first-order chi connectivity index (χ1) is 9.60. The Hall–Kier alpha value is -0.120. The lowest BCUT2D eigenvalue weighted by atomic mass is 9.87. The normalized spacial score (nSPS) is 43.4. The Morgan fingerprint density at radius 2 is 2.05 bits per heavy atom. The Bertz CT molecular complexity index is 333. The largest absolute Gasteiger partial charge is 0.373 e. The summed E-state index contributed by atoms with van der Waals surface area (Å²) < 4.78 is 6.13. The summed E-state index contributed by atoms with van der Waals surface area (Å²) in [4.78, 5) is 2.82. The molecule has 6 atom stereocenters. The third-order valence-electron chi connectivity index (χ3n) is 6.02. The molecule has 0 amide bonds. The fourth-order valence-electron chi connectivity index (χ4n) is 4.44. The highest BCUT2D eigenvalue weighted by molar-refractivity contribution is 5.01. The van der Waals surface area contributed by atoms with Gasteiger partial charge in [-0.05, 0) is 31.1 Å². The molecule has 6 unspecified atom stereocenters. The first-order valence-corrected chi connectivity index (χ1v) is 8.74. The number of nitrogens with one attached hydrogen (secondary N) is 1. The summed E-state index contributed by atoms with van der Waals surface area (Å²) in [6, 6.07) is 2.03. The number of piperazine rings is 1. The number of nitrogens with zero attached hydrogens (tertiary/aromatic N) is 1. The fourth-order valence-corrected chi connectivity index (χ4v) is 4.44. The van der Waals surface area contributed by atoms with Crippen molar-refractivity contribution >= 4 is 0 Å². The van der Waals surface area contributed by atoms with Crippen molar-refractivity contribution in [2.45, 2.75) is 83.7 Å². The fraction of sp³-hybridized carbons (Fsp3) is 1.00. The minimum atomic E-state index is 0.525. The van der Waals surface area contributed by atoms with Crippen molar-refractivity contribution in [2.75, 3.05) is 13.1 Å². The van der Waals surface area contributed by atoms with Crippen LogP contribution in [0.15, 0.2) is 0 Å². The number of hydrogen-bond acceptors (Lipinski definition) is 3. The van der Waals surface area contributed by atoms with E-state index in [0.29, 0.717) is 30.3 Å². The van der Waals surface area contributed by atoms with Gasteiger partial charge in [0.15, 0.2) is 0 Å². The van der Waals surface area contributed by atoms with Gasteiger partial charge in [0, 0.05) is 31.2 Å². The van der Waals surface area contributed by atoms with Crippen molar-refractivity contribution < 1.29 is 4.74 Å². The standard InChI is InChI=1S/C17H32N2O/c1-5-12(4)14-10-19(16(9-18-14)11(2)3)15-8-13-6-7-17(15)20-13/h11-18H,5-10H2,1-4H3. The van der Waals surface area contributed by atoms with Crippen LogP contribution in [0.3, 0.4) is 0 Å². The molecule has 2 bridgehead atoms. The van der Waals surface area contributed by atoms with Crippen molar-refractivity contribution in [1.82, 2.24) is 10.2 Å². The Morgan fingerprint density at radius 1 is 1.25 bits per heavy atom. The van der Waals surface area contributed by atoms with E-state index in [2.05, 4.69) is 37.9 Å². The van der Waals surface area contributed by atoms with Crippen LogP contribution >= 0.6 is 0 Å². The first kappa shape index (κ1) is 14.8. The second-order valence-corrected chi connectivity index (χ2v) is 7.59. The van der Waals surface area contributed by atoms with Crippen LogP contribution in [-0.2, 0) is 4.74 Å². The second kappa shape index (κ2) is 5.94. The molecule has 0 aromatic carbocycles. The molecule has 0 aliphatic carbocycles. The second-order valence-electron chi connectivity index (χ2n) is 7.59. The van der Waals surface area contributed by atoms with E-state index in [9.17, 15) is 0 Å². The van der Waals surface area contributed by atoms with Gasteiger partial charge in [0.2, 0.25) is 0 Å². The number of rotatable bonds is 4. The quantitative estimate of drug-likeness (QED) is 0.857. The van der Waals surface area contributed by atoms with Gasteiger partial charge in [-0.25, -0.2) is 0 Å². The molecule has 0 aromatic rings. The Balaban J connectivity index is 1.72. The van der Waals surface area contributed by atoms with Crippen molar-refractivity contribution in [2.24, 2.45) is 11.8 Å². The molecule has 0 saturated carbocycles. The molecule has 3 nitrogen and oxygen atoms in total. The van der Waals surface area contributed by atoms with Crippen molar-refractivity contribution in [3.05, 3.63) is 0 Å². The number of fused-ring (bicyclic) bond motifs is 2. The third kappa shape index (κ3) is 2.65. The molecule has 1 N–H and O–H groups in total. The van der Waals surface area contributed by atoms with Gasteiger partial charge in [0.05, 0.1) is 12.2 Å². The maximum Gasteiger partial charge on any atom is 0.0736 e. The van der Waals surface area contributed by atoms with Crippen LogP contribution in [0.4, 0.5) is 0 Å². The average Bonchev–Trinajstić information content (AvgIpc) is 3.08. The molecule has 20 heavy (non-hydrogen) atoms. The Kier molecular flexibility index (Phi) is 4.40. The van der Waals surface area contributed by atoms with Crippen LogP contribution in [-0.4, -0.2) is 48.3 Å². The zero-order valence-corrected chi connectivity index (χ0v) is 13.6.